The fraction of sp³-hybridized carbons (Fsp3) is 0.600. The Morgan fingerprint density at radius 2 is 1.96 bits per heavy atom. The first-order valence-corrected chi connectivity index (χ1v) is 12.8. The van der Waals surface area contributed by atoms with Crippen LogP contribution in [0.1, 0.15) is 26.2 Å². The van der Waals surface area contributed by atoms with Gasteiger partial charge in [-0.2, -0.15) is 0 Å². The summed E-state index contributed by atoms with van der Waals surface area (Å²) in [6, 6.07) is 5.80. The second kappa shape index (κ2) is 13.2. The number of carboxylic acid groups (broad SMARTS) is 1. The van der Waals surface area contributed by atoms with E-state index in [1.807, 2.05) is 18.2 Å². The zero-order valence-corrected chi connectivity index (χ0v) is 16.9. The quantitative estimate of drug-likeness (QED) is 0.395. The Kier molecular flexibility index (Phi) is 12.1. The molecule has 1 aromatic heterocycles. The van der Waals surface area contributed by atoms with Gasteiger partial charge in [-0.3, -0.25) is 4.79 Å². The predicted octanol–water partition coefficient (Wildman–Crippen LogP) is 2.96. The maximum absolute atomic E-state index is 12.0. The Hall–Kier alpha value is -0.0600. The molecule has 3 unspecified atom stereocenters. The molecule has 1 aromatic rings. The van der Waals surface area contributed by atoms with Crippen molar-refractivity contribution < 1.29 is 19.0 Å². The highest BCUT2D eigenvalue weighted by molar-refractivity contribution is 8.76. The number of hydrogen-bond donors (Lipinski definition) is 1. The van der Waals surface area contributed by atoms with E-state index in [9.17, 15) is 13.9 Å². The van der Waals surface area contributed by atoms with Gasteiger partial charge in [0.25, 0.3) is 0 Å². The lowest BCUT2D eigenvalue weighted by Crippen LogP contribution is -2.19. The van der Waals surface area contributed by atoms with Crippen LogP contribution in [0.4, 0.5) is 0 Å². The van der Waals surface area contributed by atoms with Crippen molar-refractivity contribution in [1.82, 2.24) is 4.98 Å². The largest absolute Gasteiger partial charge is 0.616 e. The lowest BCUT2D eigenvalue weighted by Gasteiger charge is -2.15. The molecule has 1 heterocycles. The van der Waals surface area contributed by atoms with Gasteiger partial charge < -0.3 is 14.2 Å². The summed E-state index contributed by atoms with van der Waals surface area (Å²) in [5, 5.41) is 9.88. The molecule has 0 bridgehead atoms. The molecule has 0 saturated heterocycles. The number of aromatic nitrogens is 1. The average molecular weight is 410 g/mol. The van der Waals surface area contributed by atoms with Gasteiger partial charge in [-0.05, 0) is 22.9 Å². The van der Waals surface area contributed by atoms with Crippen LogP contribution in [-0.4, -0.2) is 53.4 Å². The minimum absolute atomic E-state index is 0.0711. The Morgan fingerprint density at radius 1 is 1.25 bits per heavy atom. The number of rotatable bonds is 13. The van der Waals surface area contributed by atoms with E-state index >= 15 is 0 Å². The van der Waals surface area contributed by atoms with Crippen LogP contribution in [0, 0.1) is 0 Å². The first kappa shape index (κ1) is 22.0. The van der Waals surface area contributed by atoms with Crippen LogP contribution >= 0.6 is 21.6 Å². The van der Waals surface area contributed by atoms with Gasteiger partial charge in [0.2, 0.25) is 0 Å². The summed E-state index contributed by atoms with van der Waals surface area (Å²) >= 11 is -2.03. The Balaban J connectivity index is 2.06. The maximum atomic E-state index is 12.0. The summed E-state index contributed by atoms with van der Waals surface area (Å²) < 4.78 is 23.5. The van der Waals surface area contributed by atoms with Crippen molar-refractivity contribution in [2.45, 2.75) is 36.5 Å². The lowest BCUT2D eigenvalue weighted by atomic mass is 10.4. The number of hydrogen-bond acceptors (Lipinski definition) is 6. The third kappa shape index (κ3) is 11.5. The number of nitrogens with zero attached hydrogens (tertiary/aromatic N) is 1. The van der Waals surface area contributed by atoms with E-state index in [1.54, 1.807) is 27.8 Å². The van der Waals surface area contributed by atoms with Gasteiger partial charge in [0.05, 0.1) is 6.42 Å². The van der Waals surface area contributed by atoms with Gasteiger partial charge in [0.1, 0.15) is 28.0 Å². The highest BCUT2D eigenvalue weighted by Gasteiger charge is 2.14. The van der Waals surface area contributed by atoms with Gasteiger partial charge in [-0.25, -0.2) is 4.98 Å². The summed E-state index contributed by atoms with van der Waals surface area (Å²) in [6.07, 6.45) is 3.17. The number of pyridine rings is 1. The molecule has 1 rings (SSSR count). The molecule has 136 valence electrons. The maximum Gasteiger partial charge on any atom is 0.308 e. The van der Waals surface area contributed by atoms with Crippen LogP contribution in [0.15, 0.2) is 29.4 Å². The topological polar surface area (TPSA) is 96.3 Å². The smallest absolute Gasteiger partial charge is 0.308 e. The Labute approximate surface area is 157 Å². The molecule has 0 fully saturated rings. The van der Waals surface area contributed by atoms with Crippen LogP contribution in [0.2, 0.25) is 0 Å². The summed E-state index contributed by atoms with van der Waals surface area (Å²) in [6.45, 7) is 2.11. The van der Waals surface area contributed by atoms with Crippen LogP contribution in [-0.2, 0) is 27.1 Å². The molecule has 3 atom stereocenters. The number of aliphatic carboxylic acids is 1. The summed E-state index contributed by atoms with van der Waals surface area (Å²) in [4.78, 5) is 14.6. The fourth-order valence-electron chi connectivity index (χ4n) is 1.66. The molecular weight excluding hydrogens is 386 g/mol. The Morgan fingerprint density at radius 3 is 2.58 bits per heavy atom. The second-order valence-electron chi connectivity index (χ2n) is 5.14. The van der Waals surface area contributed by atoms with Crippen molar-refractivity contribution in [3.05, 3.63) is 24.4 Å². The van der Waals surface area contributed by atoms with E-state index < -0.39 is 28.3 Å². The normalized spacial score (nSPS) is 15.0. The van der Waals surface area contributed by atoms with Crippen molar-refractivity contribution >= 4 is 49.9 Å². The lowest BCUT2D eigenvalue weighted by molar-refractivity contribution is -0.136. The molecule has 9 heteroatoms. The summed E-state index contributed by atoms with van der Waals surface area (Å²) in [5.41, 5.74) is 0. The summed E-state index contributed by atoms with van der Waals surface area (Å²) in [5.74, 6) is 0.851. The standard InChI is InChI=1S/C15H23NO4S4/c1-13(21-22-14-5-2-3-8-16-14)6-11-23(19)9-4-10-24(20)12-7-15(17)18/h2-3,5,8,13H,4,6-7,9-12H2,1H3,(H,17,18). The molecule has 1 N–H and O–H groups in total. The van der Waals surface area contributed by atoms with Crippen molar-refractivity contribution in [3.8, 4) is 0 Å². The summed E-state index contributed by atoms with van der Waals surface area (Å²) in [7, 11) is 3.35. The minimum atomic E-state index is -1.12. The van der Waals surface area contributed by atoms with Gasteiger partial charge >= 0.3 is 5.97 Å². The average Bonchev–Trinajstić information content (AvgIpc) is 2.57. The molecule has 0 aromatic carbocycles. The number of carboxylic acids is 1. The third-order valence-electron chi connectivity index (χ3n) is 2.98. The van der Waals surface area contributed by atoms with E-state index in [-0.39, 0.29) is 12.2 Å². The van der Waals surface area contributed by atoms with Crippen molar-refractivity contribution in [1.29, 1.82) is 0 Å². The third-order valence-corrected chi connectivity index (χ3v) is 8.67. The monoisotopic (exact) mass is 409 g/mol. The van der Waals surface area contributed by atoms with E-state index in [4.69, 9.17) is 5.11 Å². The molecule has 0 aliphatic rings. The SMILES string of the molecule is CC(CC[S+]([O-])CCC[S+]([O-])CCC(=O)O)SSc1ccccn1. The Bertz CT molecular complexity index is 466. The van der Waals surface area contributed by atoms with Crippen molar-refractivity contribution in [3.63, 3.8) is 0 Å². The highest BCUT2D eigenvalue weighted by Crippen LogP contribution is 2.34. The zero-order valence-electron chi connectivity index (χ0n) is 13.6. The van der Waals surface area contributed by atoms with Gasteiger partial charge in [-0.1, -0.05) is 46.1 Å². The molecule has 0 aliphatic heterocycles. The molecule has 5 nitrogen and oxygen atoms in total. The zero-order chi connectivity index (χ0) is 17.8. The molecule has 0 aliphatic carbocycles. The molecule has 0 radical (unpaired) electrons. The van der Waals surface area contributed by atoms with Gasteiger partial charge in [-0.15, -0.1) is 0 Å². The predicted molar refractivity (Wildman–Crippen MR) is 104 cm³/mol. The molecule has 0 amide bonds. The van der Waals surface area contributed by atoms with Gasteiger partial charge in [0.15, 0.2) is 0 Å². The first-order chi connectivity index (χ1) is 11.5. The van der Waals surface area contributed by atoms with Crippen LogP contribution in [0.3, 0.4) is 0 Å². The minimum Gasteiger partial charge on any atom is -0.616 e. The molecule has 0 spiro atoms. The highest BCUT2D eigenvalue weighted by atomic mass is 33.1. The number of carbonyl (C=O) groups is 1. The van der Waals surface area contributed by atoms with E-state index in [0.717, 1.165) is 11.4 Å². The van der Waals surface area contributed by atoms with Gasteiger partial charge in [0, 0.05) is 24.3 Å². The molecular formula is C15H23NO4S4. The van der Waals surface area contributed by atoms with Crippen molar-refractivity contribution in [2.75, 3.05) is 23.0 Å². The first-order valence-electron chi connectivity index (χ1n) is 7.63. The molecule has 0 saturated carbocycles. The van der Waals surface area contributed by atoms with E-state index in [1.165, 1.54) is 0 Å². The van der Waals surface area contributed by atoms with E-state index in [0.29, 0.717) is 28.9 Å². The van der Waals surface area contributed by atoms with Crippen LogP contribution in [0.25, 0.3) is 0 Å². The fourth-order valence-corrected chi connectivity index (χ4v) is 6.44. The molecule has 24 heavy (non-hydrogen) atoms. The van der Waals surface area contributed by atoms with Crippen molar-refractivity contribution in [2.24, 2.45) is 0 Å². The van der Waals surface area contributed by atoms with Crippen LogP contribution in [0.5, 0.6) is 0 Å². The van der Waals surface area contributed by atoms with Crippen LogP contribution < -0.4 is 0 Å². The second-order valence-corrected chi connectivity index (χ2v) is 11.2. The van der Waals surface area contributed by atoms with E-state index in [2.05, 4.69) is 11.9 Å².